The van der Waals surface area contributed by atoms with Crippen molar-refractivity contribution in [3.8, 4) is 6.07 Å². The molecule has 5 nitrogen and oxygen atoms in total. The van der Waals surface area contributed by atoms with E-state index in [1.807, 2.05) is 18.2 Å². The summed E-state index contributed by atoms with van der Waals surface area (Å²) >= 11 is 0. The number of aromatic nitrogens is 1. The van der Waals surface area contributed by atoms with Gasteiger partial charge in [0.1, 0.15) is 0 Å². The maximum absolute atomic E-state index is 12.5. The number of anilines is 1. The minimum absolute atomic E-state index is 0.250. The molecule has 1 N–H and O–H groups in total. The van der Waals surface area contributed by atoms with Crippen LogP contribution in [0.1, 0.15) is 15.9 Å². The van der Waals surface area contributed by atoms with Gasteiger partial charge in [-0.15, -0.1) is 0 Å². The highest BCUT2D eigenvalue weighted by molar-refractivity contribution is 6.12. The number of para-hydroxylation sites is 1. The lowest BCUT2D eigenvalue weighted by atomic mass is 10.1. The van der Waals surface area contributed by atoms with E-state index in [1.165, 1.54) is 10.6 Å². The van der Waals surface area contributed by atoms with Gasteiger partial charge in [0.05, 0.1) is 22.7 Å². The average molecular weight is 303 g/mol. The number of amides is 1. The van der Waals surface area contributed by atoms with Gasteiger partial charge in [-0.05, 0) is 24.3 Å². The van der Waals surface area contributed by atoms with E-state index in [0.717, 1.165) is 0 Å². The number of aryl methyl sites for hydroxylation is 1. The van der Waals surface area contributed by atoms with Gasteiger partial charge in [-0.3, -0.25) is 9.59 Å². The van der Waals surface area contributed by atoms with Gasteiger partial charge >= 0.3 is 0 Å². The number of hydrogen-bond donors (Lipinski definition) is 1. The molecule has 0 spiro atoms. The van der Waals surface area contributed by atoms with Crippen molar-refractivity contribution in [2.75, 3.05) is 5.32 Å². The summed E-state index contributed by atoms with van der Waals surface area (Å²) in [5.74, 6) is -0.381. The second-order valence-corrected chi connectivity index (χ2v) is 5.12. The molecule has 0 fully saturated rings. The Bertz CT molecular complexity index is 1010. The van der Waals surface area contributed by atoms with Gasteiger partial charge in [-0.2, -0.15) is 5.26 Å². The average Bonchev–Trinajstić information content (AvgIpc) is 2.58. The molecule has 112 valence electrons. The first-order valence-electron chi connectivity index (χ1n) is 7.00. The van der Waals surface area contributed by atoms with Crippen LogP contribution in [0.15, 0.2) is 59.4 Å². The molecule has 0 saturated carbocycles. The van der Waals surface area contributed by atoms with Crippen LogP contribution in [0.25, 0.3) is 10.9 Å². The van der Waals surface area contributed by atoms with Crippen LogP contribution in [0, 0.1) is 11.3 Å². The van der Waals surface area contributed by atoms with Crippen LogP contribution in [0.3, 0.4) is 0 Å². The predicted octanol–water partition coefficient (Wildman–Crippen LogP) is 2.66. The van der Waals surface area contributed by atoms with E-state index >= 15 is 0 Å². The minimum atomic E-state index is -0.381. The first-order chi connectivity index (χ1) is 11.1. The fraction of sp³-hybridized carbons (Fsp3) is 0.0556. The standard InChI is InChI=1S/C18H13N3O2/c1-21-16-8-3-2-7-14(16)15(10-17(21)22)18(23)20-13-6-4-5-12(9-13)11-19/h2-10H,1H3,(H,20,23). The Hall–Kier alpha value is -3.39. The van der Waals surface area contributed by atoms with Gasteiger partial charge in [-0.25, -0.2) is 0 Å². The van der Waals surface area contributed by atoms with Crippen LogP contribution < -0.4 is 10.9 Å². The number of carbonyl (C=O) groups is 1. The molecule has 1 aromatic heterocycles. The van der Waals surface area contributed by atoms with Gasteiger partial charge in [0.2, 0.25) is 0 Å². The minimum Gasteiger partial charge on any atom is -0.322 e. The number of nitriles is 1. The van der Waals surface area contributed by atoms with Gasteiger partial charge in [0.15, 0.2) is 0 Å². The van der Waals surface area contributed by atoms with Gasteiger partial charge in [0.25, 0.3) is 11.5 Å². The summed E-state index contributed by atoms with van der Waals surface area (Å²) in [7, 11) is 1.67. The number of pyridine rings is 1. The molecule has 0 aliphatic rings. The molecule has 0 atom stereocenters. The lowest BCUT2D eigenvalue weighted by Gasteiger charge is -2.10. The highest BCUT2D eigenvalue weighted by Crippen LogP contribution is 2.18. The van der Waals surface area contributed by atoms with Crippen LogP contribution in [0.2, 0.25) is 0 Å². The van der Waals surface area contributed by atoms with Crippen LogP contribution in [-0.2, 0) is 7.05 Å². The summed E-state index contributed by atoms with van der Waals surface area (Å²) in [6, 6.07) is 17.2. The molecule has 0 unspecified atom stereocenters. The molecule has 1 heterocycles. The molecule has 0 aliphatic carbocycles. The molecule has 23 heavy (non-hydrogen) atoms. The number of nitrogens with zero attached hydrogens (tertiary/aromatic N) is 2. The van der Waals surface area contributed by atoms with Crippen molar-refractivity contribution in [1.82, 2.24) is 4.57 Å². The van der Waals surface area contributed by atoms with E-state index < -0.39 is 0 Å². The fourth-order valence-electron chi connectivity index (χ4n) is 2.46. The molecule has 2 aromatic carbocycles. The Morgan fingerprint density at radius 3 is 2.70 bits per heavy atom. The van der Waals surface area contributed by atoms with Crippen LogP contribution >= 0.6 is 0 Å². The first kappa shape index (κ1) is 14.5. The largest absolute Gasteiger partial charge is 0.322 e. The quantitative estimate of drug-likeness (QED) is 0.791. The van der Waals surface area contributed by atoms with Crippen LogP contribution in [0.4, 0.5) is 5.69 Å². The Morgan fingerprint density at radius 2 is 1.91 bits per heavy atom. The SMILES string of the molecule is Cn1c(=O)cc(C(=O)Nc2cccc(C#N)c2)c2ccccc21. The van der Waals surface area contributed by atoms with E-state index in [2.05, 4.69) is 5.32 Å². The third-order valence-electron chi connectivity index (χ3n) is 3.65. The summed E-state index contributed by atoms with van der Waals surface area (Å²) in [5, 5.41) is 12.3. The molecule has 0 aliphatic heterocycles. The van der Waals surface area contributed by atoms with Crippen molar-refractivity contribution >= 4 is 22.5 Å². The zero-order valence-corrected chi connectivity index (χ0v) is 12.4. The Balaban J connectivity index is 2.06. The molecule has 0 saturated heterocycles. The van der Waals surface area contributed by atoms with E-state index in [0.29, 0.717) is 27.7 Å². The Morgan fingerprint density at radius 1 is 1.13 bits per heavy atom. The summed E-state index contributed by atoms with van der Waals surface area (Å²) in [6.45, 7) is 0. The molecule has 5 heteroatoms. The lowest BCUT2D eigenvalue weighted by Crippen LogP contribution is -2.21. The van der Waals surface area contributed by atoms with E-state index in [1.54, 1.807) is 43.4 Å². The topological polar surface area (TPSA) is 74.9 Å². The maximum atomic E-state index is 12.5. The highest BCUT2D eigenvalue weighted by Gasteiger charge is 2.13. The highest BCUT2D eigenvalue weighted by atomic mass is 16.2. The van der Waals surface area contributed by atoms with Crippen molar-refractivity contribution in [3.63, 3.8) is 0 Å². The lowest BCUT2D eigenvalue weighted by molar-refractivity contribution is 0.102. The van der Waals surface area contributed by atoms with Crippen molar-refractivity contribution in [2.45, 2.75) is 0 Å². The number of rotatable bonds is 2. The number of carbonyl (C=O) groups excluding carboxylic acids is 1. The smallest absolute Gasteiger partial charge is 0.256 e. The number of fused-ring (bicyclic) bond motifs is 1. The fourth-order valence-corrected chi connectivity index (χ4v) is 2.46. The van der Waals surface area contributed by atoms with E-state index in [-0.39, 0.29) is 11.5 Å². The molecule has 0 bridgehead atoms. The summed E-state index contributed by atoms with van der Waals surface area (Å²) in [4.78, 5) is 24.6. The normalized spacial score (nSPS) is 10.3. The van der Waals surface area contributed by atoms with Crippen molar-refractivity contribution in [1.29, 1.82) is 5.26 Å². The summed E-state index contributed by atoms with van der Waals surface area (Å²) in [6.07, 6.45) is 0. The number of benzene rings is 2. The molecule has 3 rings (SSSR count). The predicted molar refractivity (Wildman–Crippen MR) is 88.3 cm³/mol. The third-order valence-corrected chi connectivity index (χ3v) is 3.65. The first-order valence-corrected chi connectivity index (χ1v) is 7.00. The molecular formula is C18H13N3O2. The van der Waals surface area contributed by atoms with E-state index in [9.17, 15) is 9.59 Å². The number of nitrogens with one attached hydrogen (secondary N) is 1. The summed E-state index contributed by atoms with van der Waals surface area (Å²) in [5.41, 5.74) is 1.72. The van der Waals surface area contributed by atoms with Crippen molar-refractivity contribution < 1.29 is 4.79 Å². The monoisotopic (exact) mass is 303 g/mol. The third kappa shape index (κ3) is 2.70. The van der Waals surface area contributed by atoms with Crippen molar-refractivity contribution in [3.05, 3.63) is 76.1 Å². The van der Waals surface area contributed by atoms with Crippen molar-refractivity contribution in [2.24, 2.45) is 7.05 Å². The maximum Gasteiger partial charge on any atom is 0.256 e. The Labute approximate surface area is 132 Å². The zero-order chi connectivity index (χ0) is 16.4. The zero-order valence-electron chi connectivity index (χ0n) is 12.4. The van der Waals surface area contributed by atoms with Gasteiger partial charge in [-0.1, -0.05) is 24.3 Å². The molecule has 1 amide bonds. The summed E-state index contributed by atoms with van der Waals surface area (Å²) < 4.78 is 1.50. The second-order valence-electron chi connectivity index (χ2n) is 5.12. The van der Waals surface area contributed by atoms with Crippen LogP contribution in [-0.4, -0.2) is 10.5 Å². The molecule has 0 radical (unpaired) electrons. The van der Waals surface area contributed by atoms with E-state index in [4.69, 9.17) is 5.26 Å². The second kappa shape index (κ2) is 5.78. The Kier molecular flexibility index (Phi) is 3.65. The van der Waals surface area contributed by atoms with Gasteiger partial charge in [0, 0.05) is 24.2 Å². The number of hydrogen-bond acceptors (Lipinski definition) is 3. The molecular weight excluding hydrogens is 290 g/mol. The molecule has 3 aromatic rings. The van der Waals surface area contributed by atoms with Gasteiger partial charge < -0.3 is 9.88 Å². The van der Waals surface area contributed by atoms with Crippen LogP contribution in [0.5, 0.6) is 0 Å².